The van der Waals surface area contributed by atoms with Crippen LogP contribution >= 0.6 is 0 Å². The molecule has 0 aromatic carbocycles. The zero-order valence-electron chi connectivity index (χ0n) is 4.86. The first kappa shape index (κ1) is 6.92. The molecule has 0 atom stereocenters. The first-order valence-electron chi connectivity index (χ1n) is 2.15. The molecule has 0 rings (SSSR count). The summed E-state index contributed by atoms with van der Waals surface area (Å²) in [7, 11) is 0. The zero-order chi connectivity index (χ0) is 5.91. The molecule has 0 radical (unpaired) electrons. The molecule has 0 aromatic heterocycles. The summed E-state index contributed by atoms with van der Waals surface area (Å²) in [5.41, 5.74) is 0. The summed E-state index contributed by atoms with van der Waals surface area (Å²) in [6, 6.07) is 0. The average molecular weight is 160 g/mol. The monoisotopic (exact) mass is 161 g/mol. The molecule has 0 saturated heterocycles. The summed E-state index contributed by atoms with van der Waals surface area (Å²) in [6.07, 6.45) is 1.57. The van der Waals surface area contributed by atoms with Crippen molar-refractivity contribution >= 4 is 19.6 Å². The second-order valence-corrected chi connectivity index (χ2v) is 12.0. The molecule has 3 heteroatoms. The van der Waals surface area contributed by atoms with Gasteiger partial charge in [-0.25, -0.2) is 0 Å². The Bertz CT molecular complexity index is 98.7. The fraction of sp³-hybridized carbons (Fsp3) is 0.750. The third-order valence-electron chi connectivity index (χ3n) is 0.381. The van der Waals surface area contributed by atoms with Crippen LogP contribution in [-0.4, -0.2) is 19.6 Å². The zero-order valence-corrected chi connectivity index (χ0v) is 6.95. The second kappa shape index (κ2) is 2.29. The van der Waals surface area contributed by atoms with E-state index in [4.69, 9.17) is 0 Å². The molecule has 0 amide bonds. The maximum atomic E-state index is 9.58. The Morgan fingerprint density at radius 2 is 1.86 bits per heavy atom. The second-order valence-electron chi connectivity index (χ2n) is 2.37. The molecule has 0 saturated carbocycles. The van der Waals surface area contributed by atoms with Gasteiger partial charge in [0.05, 0.1) is 0 Å². The number of rotatable bonds is 1. The van der Waals surface area contributed by atoms with Crippen LogP contribution in [0.4, 0.5) is 0 Å². The fourth-order valence-electron chi connectivity index (χ4n) is 0.137. The van der Waals surface area contributed by atoms with Crippen molar-refractivity contribution in [1.82, 2.24) is 0 Å². The molecule has 0 fully saturated rings. The number of hydrogen-bond donors (Lipinski definition) is 0. The Morgan fingerprint density at radius 1 is 1.43 bits per heavy atom. The Kier molecular flexibility index (Phi) is 2.26. The summed E-state index contributed by atoms with van der Waals surface area (Å²) in [5, 5.41) is 0. The quantitative estimate of drug-likeness (QED) is 0.321. The van der Waals surface area contributed by atoms with Crippen molar-refractivity contribution in [1.29, 1.82) is 0 Å². The Hall–Kier alpha value is -0.0771. The van der Waals surface area contributed by atoms with Crippen LogP contribution in [0.2, 0.25) is 17.3 Å². The van der Waals surface area contributed by atoms with Crippen LogP contribution in [0.5, 0.6) is 0 Å². The van der Waals surface area contributed by atoms with E-state index in [2.05, 4.69) is 3.95 Å². The summed E-state index contributed by atoms with van der Waals surface area (Å²) < 4.78 is 3.64. The van der Waals surface area contributed by atoms with Gasteiger partial charge in [-0.15, -0.1) is 0 Å². The molecule has 0 bridgehead atoms. The third-order valence-corrected chi connectivity index (χ3v) is 1.98. The number of isocyanates is 1. The molecular weight excluding hydrogens is 151 g/mol. The van der Waals surface area contributed by atoms with Gasteiger partial charge in [-0.1, -0.05) is 0 Å². The van der Waals surface area contributed by atoms with Gasteiger partial charge in [0.2, 0.25) is 0 Å². The van der Waals surface area contributed by atoms with E-state index in [1.807, 2.05) is 17.3 Å². The average Bonchev–Trinajstić information content (AvgIpc) is 1.30. The molecule has 0 heterocycles. The normalized spacial score (nSPS) is 10.1. The topological polar surface area (TPSA) is 29.4 Å². The van der Waals surface area contributed by atoms with Gasteiger partial charge in [-0.05, 0) is 0 Å². The standard InChI is InChI=1S/C4H9GeNO/c1-5(2,3)6-4-7/h1-3H3. The van der Waals surface area contributed by atoms with Crippen LogP contribution in [0.25, 0.3) is 0 Å². The summed E-state index contributed by atoms with van der Waals surface area (Å²) in [5.74, 6) is 6.10. The van der Waals surface area contributed by atoms with Crippen LogP contribution in [0.1, 0.15) is 0 Å². The Balaban J connectivity index is 3.80. The fourth-order valence-corrected chi connectivity index (χ4v) is 0.712. The van der Waals surface area contributed by atoms with Crippen molar-refractivity contribution in [3.63, 3.8) is 0 Å². The van der Waals surface area contributed by atoms with Gasteiger partial charge in [-0.2, -0.15) is 0 Å². The van der Waals surface area contributed by atoms with Crippen molar-refractivity contribution in [2.75, 3.05) is 0 Å². The molecule has 0 unspecified atom stereocenters. The van der Waals surface area contributed by atoms with Gasteiger partial charge in [-0.3, -0.25) is 0 Å². The SMILES string of the molecule is [CH3][Ge]([CH3])([CH3])[N]=C=O. The minimum atomic E-state index is -1.88. The van der Waals surface area contributed by atoms with E-state index >= 15 is 0 Å². The first-order chi connectivity index (χ1) is 3.06. The van der Waals surface area contributed by atoms with E-state index in [0.717, 1.165) is 0 Å². The molecule has 40 valence electrons. The van der Waals surface area contributed by atoms with Gasteiger partial charge in [0.25, 0.3) is 0 Å². The van der Waals surface area contributed by atoms with Gasteiger partial charge < -0.3 is 0 Å². The maximum absolute atomic E-state index is 9.58. The van der Waals surface area contributed by atoms with E-state index in [-0.39, 0.29) is 0 Å². The van der Waals surface area contributed by atoms with E-state index in [1.165, 1.54) is 0 Å². The van der Waals surface area contributed by atoms with Crippen LogP contribution in [0, 0.1) is 0 Å². The molecule has 0 N–H and O–H groups in total. The van der Waals surface area contributed by atoms with Gasteiger partial charge in [0.1, 0.15) is 0 Å². The summed E-state index contributed by atoms with van der Waals surface area (Å²) >= 11 is -1.88. The van der Waals surface area contributed by atoms with E-state index in [0.29, 0.717) is 0 Å². The predicted molar refractivity (Wildman–Crippen MR) is 31.5 cm³/mol. The first-order valence-corrected chi connectivity index (χ1v) is 9.38. The van der Waals surface area contributed by atoms with Crippen LogP contribution in [0.15, 0.2) is 3.95 Å². The molecule has 0 aliphatic carbocycles. The summed E-state index contributed by atoms with van der Waals surface area (Å²) in [6.45, 7) is 0. The van der Waals surface area contributed by atoms with Crippen LogP contribution in [0.3, 0.4) is 0 Å². The predicted octanol–water partition coefficient (Wildman–Crippen LogP) is 1.16. The molecule has 7 heavy (non-hydrogen) atoms. The molecular formula is C4H9GeNO. The van der Waals surface area contributed by atoms with Crippen LogP contribution in [-0.2, 0) is 4.79 Å². The summed E-state index contributed by atoms with van der Waals surface area (Å²) in [4.78, 5) is 9.58. The number of carbonyl (C=O) groups excluding carboxylic acids is 1. The van der Waals surface area contributed by atoms with Gasteiger partial charge in [0, 0.05) is 0 Å². The van der Waals surface area contributed by atoms with Crippen molar-refractivity contribution in [2.24, 2.45) is 3.95 Å². The van der Waals surface area contributed by atoms with Crippen molar-refractivity contribution in [2.45, 2.75) is 17.3 Å². The van der Waals surface area contributed by atoms with E-state index in [1.54, 1.807) is 6.08 Å². The van der Waals surface area contributed by atoms with Crippen molar-refractivity contribution in [3.8, 4) is 0 Å². The molecule has 0 spiro atoms. The Morgan fingerprint density at radius 3 is 1.86 bits per heavy atom. The number of hydrogen-bond acceptors (Lipinski definition) is 2. The third kappa shape index (κ3) is 5.92. The van der Waals surface area contributed by atoms with Crippen LogP contribution < -0.4 is 0 Å². The van der Waals surface area contributed by atoms with E-state index < -0.39 is 13.5 Å². The van der Waals surface area contributed by atoms with Crippen molar-refractivity contribution < 1.29 is 4.79 Å². The molecule has 2 nitrogen and oxygen atoms in total. The van der Waals surface area contributed by atoms with Gasteiger partial charge >= 0.3 is 45.6 Å². The minimum absolute atomic E-state index is 1.57. The van der Waals surface area contributed by atoms with E-state index in [9.17, 15) is 4.79 Å². The molecule has 0 aliphatic heterocycles. The molecule has 0 aliphatic rings. The Labute approximate surface area is 46.2 Å². The molecule has 0 aromatic rings. The van der Waals surface area contributed by atoms with Gasteiger partial charge in [0.15, 0.2) is 0 Å². The van der Waals surface area contributed by atoms with Crippen molar-refractivity contribution in [3.05, 3.63) is 0 Å². The number of nitrogens with zero attached hydrogens (tertiary/aromatic N) is 1.